The second-order valence-corrected chi connectivity index (χ2v) is 19.2. The lowest BCUT2D eigenvalue weighted by Crippen LogP contribution is -2.63. The van der Waals surface area contributed by atoms with Crippen LogP contribution in [0.2, 0.25) is 0 Å². The number of rotatable bonds is 26. The Hall–Kier alpha value is -5.12. The van der Waals surface area contributed by atoms with Crippen LogP contribution in [0.25, 0.3) is 0 Å². The minimum Gasteiger partial charge on any atom is -0.388 e. The van der Waals surface area contributed by atoms with Gasteiger partial charge in [0.15, 0.2) is 12.6 Å². The lowest BCUT2D eigenvalue weighted by atomic mass is 9.91. The van der Waals surface area contributed by atoms with Crippen LogP contribution in [-0.4, -0.2) is 85.3 Å². The molecule has 4 unspecified atom stereocenters. The molecule has 0 bridgehead atoms. The van der Waals surface area contributed by atoms with Gasteiger partial charge >= 0.3 is 0 Å². The molecule has 11 heteroatoms. The maximum atomic E-state index is 11.7. The summed E-state index contributed by atoms with van der Waals surface area (Å²) in [5.74, 6) is -0.371. The second kappa shape index (κ2) is 27.2. The number of ether oxygens (including phenoxy) is 10. The molecule has 6 aromatic rings. The first-order valence-electron chi connectivity index (χ1n) is 25.4. The zero-order valence-electron chi connectivity index (χ0n) is 42.1. The van der Waals surface area contributed by atoms with Crippen molar-refractivity contribution in [3.05, 3.63) is 215 Å². The van der Waals surface area contributed by atoms with E-state index in [2.05, 4.69) is 31.2 Å². The average Bonchev–Trinajstić information content (AvgIpc) is 3.42. The van der Waals surface area contributed by atoms with Crippen molar-refractivity contribution in [1.82, 2.24) is 0 Å². The monoisotopic (exact) mass is 981 g/mol. The number of benzene rings is 6. The van der Waals surface area contributed by atoms with Crippen molar-refractivity contribution in [3.63, 3.8) is 0 Å². The topological polar surface area (TPSA) is 113 Å². The Morgan fingerprint density at radius 3 is 1.28 bits per heavy atom. The third-order valence-corrected chi connectivity index (χ3v) is 13.4. The molecule has 2 aliphatic heterocycles. The van der Waals surface area contributed by atoms with Crippen LogP contribution in [0.5, 0.6) is 0 Å². The molecule has 0 aliphatic carbocycles. The summed E-state index contributed by atoms with van der Waals surface area (Å²) in [5.41, 5.74) is 5.11. The van der Waals surface area contributed by atoms with Crippen molar-refractivity contribution in [3.8, 4) is 0 Å². The fourth-order valence-corrected chi connectivity index (χ4v) is 9.07. The molecule has 0 amide bonds. The van der Waals surface area contributed by atoms with Crippen molar-refractivity contribution in [2.75, 3.05) is 13.2 Å². The minimum atomic E-state index is -0.996. The Kier molecular flexibility index (Phi) is 20.1. The second-order valence-electron chi connectivity index (χ2n) is 19.2. The van der Waals surface area contributed by atoms with Crippen LogP contribution in [0.4, 0.5) is 0 Å². The molecule has 2 aliphatic rings. The maximum absolute atomic E-state index is 11.7. The molecule has 11 nitrogen and oxygen atoms in total. The third-order valence-electron chi connectivity index (χ3n) is 13.4. The van der Waals surface area contributed by atoms with Crippen LogP contribution in [0.15, 0.2) is 182 Å². The smallest absolute Gasteiger partial charge is 0.189 e. The fraction of sp³-hybridized carbons (Fsp3) is 0.410. The third kappa shape index (κ3) is 15.2. The van der Waals surface area contributed by atoms with Gasteiger partial charge in [0, 0.05) is 5.92 Å². The summed E-state index contributed by atoms with van der Waals surface area (Å²) in [6, 6.07) is 60.2. The van der Waals surface area contributed by atoms with Crippen molar-refractivity contribution in [1.29, 1.82) is 0 Å². The van der Waals surface area contributed by atoms with Gasteiger partial charge in [-0.15, -0.1) is 0 Å². The summed E-state index contributed by atoms with van der Waals surface area (Å²) in [5, 5.41) is 11.7. The molecule has 0 saturated carbocycles. The molecule has 1 N–H and O–H groups in total. The summed E-state index contributed by atoms with van der Waals surface area (Å²) >= 11 is 0. The molecule has 2 saturated heterocycles. The highest BCUT2D eigenvalue weighted by molar-refractivity contribution is 5.18. The molecule has 2 fully saturated rings. The van der Waals surface area contributed by atoms with Gasteiger partial charge in [0.2, 0.25) is 0 Å². The van der Waals surface area contributed by atoms with Crippen LogP contribution in [0.3, 0.4) is 0 Å². The van der Waals surface area contributed by atoms with Crippen LogP contribution in [0.1, 0.15) is 67.5 Å². The predicted octanol–water partition coefficient (Wildman–Crippen LogP) is 10.8. The quantitative estimate of drug-likeness (QED) is 0.0561. The van der Waals surface area contributed by atoms with E-state index in [0.717, 1.165) is 33.4 Å². The van der Waals surface area contributed by atoms with E-state index in [-0.39, 0.29) is 32.3 Å². The standard InChI is InChI=1S/C61H72O11/c1-5-51-55(68-43-53(62)61(3,4)69-41-50-34-22-11-23-35-50)57(66-39-48-30-18-9-19-31-48)58(67-40-49-32-20-10-21-33-49)60(70-51)72-59-44(2)54(64-37-46-26-14-7-15-27-46)56(65-38-47-28-16-8-17-29-47)52(71-59)42-63-36-45-24-12-6-13-25-45/h6-35,44,51-60,62H,5,36-43H2,1-4H3/t44?,51?,52-,53+,54?,55-,56-,57+,58?,59-,60-/m1/s1. The zero-order valence-corrected chi connectivity index (χ0v) is 42.1. The summed E-state index contributed by atoms with van der Waals surface area (Å²) in [6.07, 6.45) is -6.73. The number of hydrogen-bond donors (Lipinski definition) is 1. The Labute approximate surface area is 426 Å². The maximum Gasteiger partial charge on any atom is 0.189 e. The molecule has 6 aromatic carbocycles. The average molecular weight is 981 g/mol. The van der Waals surface area contributed by atoms with Crippen molar-refractivity contribution in [2.45, 2.75) is 141 Å². The van der Waals surface area contributed by atoms with Gasteiger partial charge in [0.25, 0.3) is 0 Å². The van der Waals surface area contributed by atoms with E-state index in [1.165, 1.54) is 0 Å². The normalized spacial score (nSPS) is 25.0. The van der Waals surface area contributed by atoms with Gasteiger partial charge in [-0.05, 0) is 53.6 Å². The summed E-state index contributed by atoms with van der Waals surface area (Å²) in [7, 11) is 0. The molecule has 72 heavy (non-hydrogen) atoms. The van der Waals surface area contributed by atoms with E-state index in [1.54, 1.807) is 0 Å². The van der Waals surface area contributed by atoms with Gasteiger partial charge in [-0.3, -0.25) is 0 Å². The number of aliphatic hydroxyl groups excluding tert-OH is 1. The lowest BCUT2D eigenvalue weighted by molar-refractivity contribution is -0.383. The summed E-state index contributed by atoms with van der Waals surface area (Å²) in [4.78, 5) is 0. The molecular formula is C61H72O11. The van der Waals surface area contributed by atoms with Gasteiger partial charge in [-0.2, -0.15) is 0 Å². The Morgan fingerprint density at radius 2 is 0.819 bits per heavy atom. The Balaban J connectivity index is 1.09. The zero-order chi connectivity index (χ0) is 50.0. The highest BCUT2D eigenvalue weighted by Crippen LogP contribution is 2.38. The molecular weight excluding hydrogens is 909 g/mol. The van der Waals surface area contributed by atoms with Gasteiger partial charge in [-0.25, -0.2) is 0 Å². The Bertz CT molecular complexity index is 2400. The van der Waals surface area contributed by atoms with E-state index in [0.29, 0.717) is 32.8 Å². The summed E-state index contributed by atoms with van der Waals surface area (Å²) < 4.78 is 68.5. The molecule has 11 atom stereocenters. The molecule has 0 radical (unpaired) electrons. The first kappa shape index (κ1) is 53.2. The van der Waals surface area contributed by atoms with E-state index in [9.17, 15) is 5.11 Å². The molecule has 382 valence electrons. The Morgan fingerprint density at radius 1 is 0.444 bits per heavy atom. The van der Waals surface area contributed by atoms with E-state index in [1.807, 2.05) is 178 Å². The molecule has 2 heterocycles. The van der Waals surface area contributed by atoms with Crippen molar-refractivity contribution < 1.29 is 52.5 Å². The molecule has 0 spiro atoms. The first-order valence-corrected chi connectivity index (χ1v) is 25.4. The van der Waals surface area contributed by atoms with E-state index < -0.39 is 67.0 Å². The minimum absolute atomic E-state index is 0.0489. The van der Waals surface area contributed by atoms with Crippen LogP contribution < -0.4 is 0 Å². The van der Waals surface area contributed by atoms with Gasteiger partial charge < -0.3 is 52.5 Å². The predicted molar refractivity (Wildman–Crippen MR) is 275 cm³/mol. The number of aliphatic hydroxyl groups is 1. The summed E-state index contributed by atoms with van der Waals surface area (Å²) in [6.45, 7) is 9.93. The lowest BCUT2D eigenvalue weighted by Gasteiger charge is -2.49. The van der Waals surface area contributed by atoms with E-state index in [4.69, 9.17) is 47.4 Å². The van der Waals surface area contributed by atoms with Crippen molar-refractivity contribution >= 4 is 0 Å². The fourth-order valence-electron chi connectivity index (χ4n) is 9.07. The highest BCUT2D eigenvalue weighted by Gasteiger charge is 2.53. The first-order chi connectivity index (χ1) is 35.2. The largest absolute Gasteiger partial charge is 0.388 e. The van der Waals surface area contributed by atoms with Crippen molar-refractivity contribution in [2.24, 2.45) is 5.92 Å². The van der Waals surface area contributed by atoms with Gasteiger partial charge in [0.05, 0.1) is 70.7 Å². The molecule has 0 aromatic heterocycles. The van der Waals surface area contributed by atoms with Crippen LogP contribution in [-0.2, 0) is 87.0 Å². The number of hydrogen-bond acceptors (Lipinski definition) is 11. The van der Waals surface area contributed by atoms with Gasteiger partial charge in [0.1, 0.15) is 36.6 Å². The highest BCUT2D eigenvalue weighted by atomic mass is 16.8. The SMILES string of the molecule is CCC1O[C@H](O[C@H]2O[C@H](COCc3ccccc3)[C@@H](OCc3ccccc3)C(OCc3ccccc3)C2C)C(OCc2ccccc2)[C@@H](OCc2ccccc2)[C@@H]1OC[C@H](O)C(C)(C)OCc1ccccc1. The van der Waals surface area contributed by atoms with E-state index >= 15 is 0 Å². The molecule has 8 rings (SSSR count). The van der Waals surface area contributed by atoms with Crippen LogP contribution in [0, 0.1) is 5.92 Å². The van der Waals surface area contributed by atoms with Crippen LogP contribution >= 0.6 is 0 Å². The van der Waals surface area contributed by atoms with Gasteiger partial charge in [-0.1, -0.05) is 196 Å².